The van der Waals surface area contributed by atoms with Gasteiger partial charge in [-0.25, -0.2) is 0 Å². The maximum atomic E-state index is 12.1. The van der Waals surface area contributed by atoms with Crippen molar-refractivity contribution in [3.8, 4) is 6.01 Å². The zero-order valence-corrected chi connectivity index (χ0v) is 21.6. The van der Waals surface area contributed by atoms with Gasteiger partial charge in [-0.2, -0.15) is 4.98 Å². The molecule has 0 spiro atoms. The van der Waals surface area contributed by atoms with Crippen molar-refractivity contribution in [2.24, 2.45) is 0 Å². The van der Waals surface area contributed by atoms with Crippen LogP contribution in [0.3, 0.4) is 0 Å². The maximum absolute atomic E-state index is 12.1. The Labute approximate surface area is 222 Å². The molecule has 0 radical (unpaired) electrons. The van der Waals surface area contributed by atoms with Crippen LogP contribution in [0, 0.1) is 6.92 Å². The van der Waals surface area contributed by atoms with Gasteiger partial charge in [-0.3, -0.25) is 9.36 Å². The van der Waals surface area contributed by atoms with E-state index in [0.717, 1.165) is 16.7 Å². The molecule has 2 heterocycles. The Morgan fingerprint density at radius 2 is 1.47 bits per heavy atom. The van der Waals surface area contributed by atoms with Crippen LogP contribution in [0.1, 0.15) is 41.8 Å². The lowest BCUT2D eigenvalue weighted by molar-refractivity contribution is -0.0949. The summed E-state index contributed by atoms with van der Waals surface area (Å²) < 4.78 is 20.5. The molecule has 0 unspecified atom stereocenters. The highest BCUT2D eigenvalue weighted by Gasteiger charge is 2.42. The molecule has 0 bridgehead atoms. The summed E-state index contributed by atoms with van der Waals surface area (Å²) in [6.07, 6.45) is 0.0430. The zero-order chi connectivity index (χ0) is 26.5. The fourth-order valence-corrected chi connectivity index (χ4v) is 5.01. The van der Waals surface area contributed by atoms with Gasteiger partial charge in [0.2, 0.25) is 0 Å². The summed E-state index contributed by atoms with van der Waals surface area (Å²) in [6, 6.07) is 30.4. The Hall–Kier alpha value is -3.78. The molecule has 3 aromatic carbocycles. The van der Waals surface area contributed by atoms with Crippen LogP contribution in [-0.4, -0.2) is 40.1 Å². The zero-order valence-electron chi connectivity index (χ0n) is 21.6. The molecule has 1 saturated heterocycles. The highest BCUT2D eigenvalue weighted by atomic mass is 16.6. The summed E-state index contributed by atoms with van der Waals surface area (Å²) in [4.78, 5) is 16.2. The van der Waals surface area contributed by atoms with E-state index in [0.29, 0.717) is 18.6 Å². The Morgan fingerprint density at radius 3 is 1.97 bits per heavy atom. The molecule has 1 aliphatic rings. The van der Waals surface area contributed by atoms with Crippen molar-refractivity contribution in [2.45, 2.75) is 44.3 Å². The number of aliphatic hydroxyl groups is 1. The molecule has 38 heavy (non-hydrogen) atoms. The number of aryl methyl sites for hydroxylation is 1. The fraction of sp³-hybridized carbons (Fsp3) is 0.290. The predicted molar refractivity (Wildman–Crippen MR) is 144 cm³/mol. The molecule has 7 nitrogen and oxygen atoms in total. The van der Waals surface area contributed by atoms with Gasteiger partial charge in [0, 0.05) is 18.2 Å². The maximum Gasteiger partial charge on any atom is 0.301 e. The van der Waals surface area contributed by atoms with Crippen molar-refractivity contribution in [3.05, 3.63) is 130 Å². The van der Waals surface area contributed by atoms with Gasteiger partial charge in [-0.1, -0.05) is 91.0 Å². The Balaban J connectivity index is 1.49. The average molecular weight is 513 g/mol. The first-order valence-electron chi connectivity index (χ1n) is 12.9. The number of ether oxygens (including phenoxy) is 3. The van der Waals surface area contributed by atoms with E-state index in [4.69, 9.17) is 14.2 Å². The molecule has 1 aromatic heterocycles. The number of hydrogen-bond donors (Lipinski definition) is 1. The van der Waals surface area contributed by atoms with Crippen molar-refractivity contribution in [1.29, 1.82) is 0 Å². The first-order valence-corrected chi connectivity index (χ1v) is 12.9. The Morgan fingerprint density at radius 1 is 0.947 bits per heavy atom. The number of aliphatic hydroxyl groups excluding tert-OH is 1. The summed E-state index contributed by atoms with van der Waals surface area (Å²) >= 11 is 0. The summed E-state index contributed by atoms with van der Waals surface area (Å²) in [6.45, 7) is 4.01. The van der Waals surface area contributed by atoms with E-state index in [9.17, 15) is 9.90 Å². The quantitative estimate of drug-likeness (QED) is 0.330. The van der Waals surface area contributed by atoms with Crippen molar-refractivity contribution in [1.82, 2.24) is 9.55 Å². The predicted octanol–water partition coefficient (Wildman–Crippen LogP) is 4.61. The molecule has 196 valence electrons. The molecule has 0 saturated carbocycles. The summed E-state index contributed by atoms with van der Waals surface area (Å²) in [7, 11) is 0. The van der Waals surface area contributed by atoms with Crippen LogP contribution < -0.4 is 10.3 Å². The minimum absolute atomic E-state index is 0.132. The van der Waals surface area contributed by atoms with E-state index < -0.39 is 24.0 Å². The molecule has 0 aliphatic carbocycles. The van der Waals surface area contributed by atoms with Crippen molar-refractivity contribution in [2.75, 3.05) is 13.2 Å². The average Bonchev–Trinajstić information content (AvgIpc) is 3.33. The van der Waals surface area contributed by atoms with Crippen LogP contribution in [0.15, 0.2) is 102 Å². The minimum atomic E-state index is -0.920. The van der Waals surface area contributed by atoms with Gasteiger partial charge in [0.15, 0.2) is 0 Å². The largest absolute Gasteiger partial charge is 0.465 e. The second-order valence-corrected chi connectivity index (χ2v) is 9.37. The minimum Gasteiger partial charge on any atom is -0.465 e. The lowest BCUT2D eigenvalue weighted by atomic mass is 9.80. The first kappa shape index (κ1) is 25.9. The highest BCUT2D eigenvalue weighted by Crippen LogP contribution is 2.41. The summed E-state index contributed by atoms with van der Waals surface area (Å²) in [5, 5.41) is 11.0. The van der Waals surface area contributed by atoms with E-state index in [1.54, 1.807) is 17.7 Å². The molecule has 1 N–H and O–H groups in total. The molecule has 0 amide bonds. The molecule has 5 rings (SSSR count). The highest BCUT2D eigenvalue weighted by molar-refractivity contribution is 5.47. The van der Waals surface area contributed by atoms with E-state index in [1.807, 2.05) is 61.5 Å². The number of hydrogen-bond acceptors (Lipinski definition) is 6. The van der Waals surface area contributed by atoms with Gasteiger partial charge < -0.3 is 19.3 Å². The SMILES string of the molecule is CCOc1nc(=O)c(C)cn1[C@H]1C[C@@H](O)[C@@H](COC(c2ccccc2)(c2ccccc2)c2ccccc2)O1. The van der Waals surface area contributed by atoms with E-state index >= 15 is 0 Å². The van der Waals surface area contributed by atoms with Crippen molar-refractivity contribution in [3.63, 3.8) is 0 Å². The normalized spacial score (nSPS) is 19.4. The molecule has 4 aromatic rings. The van der Waals surface area contributed by atoms with E-state index in [-0.39, 0.29) is 18.2 Å². The smallest absolute Gasteiger partial charge is 0.301 e. The monoisotopic (exact) mass is 512 g/mol. The third-order valence-electron chi connectivity index (χ3n) is 6.88. The molecule has 3 atom stereocenters. The third-order valence-corrected chi connectivity index (χ3v) is 6.88. The van der Waals surface area contributed by atoms with Crippen LogP contribution in [0.2, 0.25) is 0 Å². The Bertz CT molecular complexity index is 1300. The molecular formula is C31H32N2O5. The van der Waals surface area contributed by atoms with E-state index in [1.165, 1.54) is 0 Å². The van der Waals surface area contributed by atoms with Gasteiger partial charge in [0.25, 0.3) is 5.56 Å². The van der Waals surface area contributed by atoms with Gasteiger partial charge in [-0.15, -0.1) is 0 Å². The summed E-state index contributed by atoms with van der Waals surface area (Å²) in [5.41, 5.74) is 2.13. The number of nitrogens with zero attached hydrogens (tertiary/aromatic N) is 2. The van der Waals surface area contributed by atoms with Crippen LogP contribution in [-0.2, 0) is 15.1 Å². The number of aromatic nitrogens is 2. The van der Waals surface area contributed by atoms with Gasteiger partial charge in [0.05, 0.1) is 19.3 Å². The first-order chi connectivity index (χ1) is 18.5. The lowest BCUT2D eigenvalue weighted by Gasteiger charge is -2.37. The van der Waals surface area contributed by atoms with Gasteiger partial charge in [-0.05, 0) is 30.5 Å². The van der Waals surface area contributed by atoms with Crippen molar-refractivity contribution < 1.29 is 19.3 Å². The second-order valence-electron chi connectivity index (χ2n) is 9.37. The standard InChI is InChI=1S/C31H32N2O5/c1-3-36-30-32-29(35)22(2)20-33(30)28-19-26(34)27(38-28)21-37-31(23-13-7-4-8-14-23,24-15-9-5-10-16-24)25-17-11-6-12-18-25/h4-18,20,26-28,34H,3,19,21H2,1-2H3/t26-,27-,28-/m1/s1. The van der Waals surface area contributed by atoms with Crippen molar-refractivity contribution >= 4 is 0 Å². The lowest BCUT2D eigenvalue weighted by Crippen LogP contribution is -2.38. The second kappa shape index (κ2) is 11.3. The molecule has 1 aliphatic heterocycles. The van der Waals surface area contributed by atoms with Crippen LogP contribution in [0.4, 0.5) is 0 Å². The molecular weight excluding hydrogens is 480 g/mol. The molecule has 1 fully saturated rings. The molecule has 7 heteroatoms. The van der Waals surface area contributed by atoms with Crippen LogP contribution in [0.25, 0.3) is 0 Å². The summed E-state index contributed by atoms with van der Waals surface area (Å²) in [5.74, 6) is 0. The van der Waals surface area contributed by atoms with Crippen LogP contribution in [0.5, 0.6) is 6.01 Å². The fourth-order valence-electron chi connectivity index (χ4n) is 5.01. The van der Waals surface area contributed by atoms with Gasteiger partial charge >= 0.3 is 6.01 Å². The van der Waals surface area contributed by atoms with Crippen LogP contribution >= 0.6 is 0 Å². The topological polar surface area (TPSA) is 82.8 Å². The number of rotatable bonds is 9. The third kappa shape index (κ3) is 5.00. The Kier molecular flexibility index (Phi) is 7.69. The van der Waals surface area contributed by atoms with E-state index in [2.05, 4.69) is 41.4 Å². The van der Waals surface area contributed by atoms with Gasteiger partial charge in [0.1, 0.15) is 17.9 Å². The number of benzene rings is 3.